The van der Waals surface area contributed by atoms with E-state index in [1.165, 1.54) is 0 Å². The van der Waals surface area contributed by atoms with Crippen LogP contribution in [0.15, 0.2) is 35.7 Å². The van der Waals surface area contributed by atoms with Crippen molar-refractivity contribution < 1.29 is 13.9 Å². The van der Waals surface area contributed by atoms with Crippen molar-refractivity contribution in [3.8, 4) is 0 Å². The zero-order chi connectivity index (χ0) is 22.8. The number of aromatic nitrogens is 2. The first-order chi connectivity index (χ1) is 15.3. The van der Waals surface area contributed by atoms with Crippen LogP contribution in [0.5, 0.6) is 0 Å². The molecule has 2 aromatic rings. The maximum atomic E-state index is 14.3. The number of nitrogens with one attached hydrogen (secondary N) is 2. The van der Waals surface area contributed by atoms with E-state index in [1.54, 1.807) is 0 Å². The van der Waals surface area contributed by atoms with Crippen molar-refractivity contribution in [1.29, 1.82) is 0 Å². The van der Waals surface area contributed by atoms with Gasteiger partial charge in [0, 0.05) is 35.7 Å². The topological polar surface area (TPSA) is 105 Å². The molecule has 2 aliphatic rings. The van der Waals surface area contributed by atoms with E-state index in [9.17, 15) is 9.18 Å². The first kappa shape index (κ1) is 22.0. The third-order valence-corrected chi connectivity index (χ3v) is 5.74. The molecular formula is C23H29FN6O2. The Morgan fingerprint density at radius 2 is 1.97 bits per heavy atom. The Balaban J connectivity index is 1.51. The molecule has 1 aliphatic heterocycles. The average Bonchev–Trinajstić information content (AvgIpc) is 3.18. The second kappa shape index (κ2) is 9.12. The summed E-state index contributed by atoms with van der Waals surface area (Å²) in [4.78, 5) is 22.2. The third-order valence-electron chi connectivity index (χ3n) is 5.74. The Hall–Kier alpha value is -3.20. The van der Waals surface area contributed by atoms with Crippen LogP contribution in [-0.2, 0) is 9.53 Å². The van der Waals surface area contributed by atoms with Gasteiger partial charge in [-0.15, -0.1) is 0 Å². The smallest absolute Gasteiger partial charge is 0.246 e. The molecule has 1 saturated heterocycles. The summed E-state index contributed by atoms with van der Waals surface area (Å²) in [7, 11) is 0. The average molecular weight is 441 g/mol. The first-order valence-corrected chi connectivity index (χ1v) is 10.9. The molecule has 170 valence electrons. The molecule has 1 aromatic heterocycles. The fourth-order valence-electron chi connectivity index (χ4n) is 4.40. The van der Waals surface area contributed by atoms with E-state index in [2.05, 4.69) is 52.3 Å². The van der Waals surface area contributed by atoms with Gasteiger partial charge in [-0.05, 0) is 63.8 Å². The third kappa shape index (κ3) is 4.83. The summed E-state index contributed by atoms with van der Waals surface area (Å²) in [6.07, 6.45) is 3.48. The predicted molar refractivity (Wildman–Crippen MR) is 122 cm³/mol. The second-order valence-corrected chi connectivity index (χ2v) is 8.48. The standard InChI is InChI=1S/C23H29FN6O2/c1-13-9-16(7-8-20(13)30-11-14(2)32-15(3)12-30)27-23-26-10-18(24)22(29-23)28-19-6-4-5-17(19)21(25)31/h7-10,14-15H,4-6,11-12H2,1-3H3,(H2,25,31)(H2,26,27,28,29). The van der Waals surface area contributed by atoms with Crippen molar-refractivity contribution >= 4 is 29.0 Å². The number of benzene rings is 1. The van der Waals surface area contributed by atoms with Gasteiger partial charge in [0.2, 0.25) is 11.9 Å². The number of rotatable bonds is 6. The molecule has 2 heterocycles. The minimum absolute atomic E-state index is 0.0165. The highest BCUT2D eigenvalue weighted by atomic mass is 19.1. The summed E-state index contributed by atoms with van der Waals surface area (Å²) < 4.78 is 20.1. The van der Waals surface area contributed by atoms with Gasteiger partial charge in [-0.2, -0.15) is 4.98 Å². The first-order valence-electron chi connectivity index (χ1n) is 10.9. The normalized spacial score (nSPS) is 21.1. The van der Waals surface area contributed by atoms with Crippen molar-refractivity contribution in [2.24, 2.45) is 5.73 Å². The summed E-state index contributed by atoms with van der Waals surface area (Å²) >= 11 is 0. The molecule has 1 fully saturated rings. The number of carbonyl (C=O) groups excluding carboxylic acids is 1. The van der Waals surface area contributed by atoms with E-state index >= 15 is 0 Å². The highest BCUT2D eigenvalue weighted by Crippen LogP contribution is 2.29. The van der Waals surface area contributed by atoms with Crippen LogP contribution in [-0.4, -0.2) is 41.2 Å². The Morgan fingerprint density at radius 1 is 1.22 bits per heavy atom. The quantitative estimate of drug-likeness (QED) is 0.630. The number of hydrogen-bond acceptors (Lipinski definition) is 7. The fraction of sp³-hybridized carbons (Fsp3) is 0.435. The zero-order valence-electron chi connectivity index (χ0n) is 18.6. The molecule has 1 aliphatic carbocycles. The fourth-order valence-corrected chi connectivity index (χ4v) is 4.40. The number of morpholine rings is 1. The molecule has 9 heteroatoms. The number of hydrogen-bond donors (Lipinski definition) is 3. The molecule has 1 amide bonds. The van der Waals surface area contributed by atoms with E-state index in [0.717, 1.165) is 42.6 Å². The number of nitrogens with two attached hydrogens (primary N) is 1. The lowest BCUT2D eigenvalue weighted by molar-refractivity contribution is -0.114. The Labute approximate surface area is 187 Å². The molecule has 32 heavy (non-hydrogen) atoms. The lowest BCUT2D eigenvalue weighted by Crippen LogP contribution is -2.45. The maximum absolute atomic E-state index is 14.3. The van der Waals surface area contributed by atoms with Crippen molar-refractivity contribution in [3.63, 3.8) is 0 Å². The van der Waals surface area contributed by atoms with Gasteiger partial charge in [0.25, 0.3) is 0 Å². The van der Waals surface area contributed by atoms with E-state index in [1.807, 2.05) is 12.1 Å². The van der Waals surface area contributed by atoms with Gasteiger partial charge in [-0.1, -0.05) is 0 Å². The molecule has 8 nitrogen and oxygen atoms in total. The summed E-state index contributed by atoms with van der Waals surface area (Å²) in [5.74, 6) is -0.810. The molecular weight excluding hydrogens is 411 g/mol. The summed E-state index contributed by atoms with van der Waals surface area (Å²) in [5, 5.41) is 6.07. The lowest BCUT2D eigenvalue weighted by atomic mass is 10.1. The van der Waals surface area contributed by atoms with Gasteiger partial charge in [-0.3, -0.25) is 4.79 Å². The Kier molecular flexibility index (Phi) is 6.27. The summed E-state index contributed by atoms with van der Waals surface area (Å²) in [5.41, 5.74) is 9.61. The van der Waals surface area contributed by atoms with Crippen molar-refractivity contribution in [3.05, 3.63) is 47.0 Å². The van der Waals surface area contributed by atoms with E-state index in [-0.39, 0.29) is 24.0 Å². The van der Waals surface area contributed by atoms with Crippen LogP contribution in [0.2, 0.25) is 0 Å². The second-order valence-electron chi connectivity index (χ2n) is 8.48. The van der Waals surface area contributed by atoms with E-state index < -0.39 is 11.7 Å². The Bertz CT molecular complexity index is 1050. The van der Waals surface area contributed by atoms with E-state index in [0.29, 0.717) is 24.1 Å². The number of amides is 1. The molecule has 2 unspecified atom stereocenters. The lowest BCUT2D eigenvalue weighted by Gasteiger charge is -2.37. The molecule has 0 spiro atoms. The van der Waals surface area contributed by atoms with Crippen LogP contribution in [0.4, 0.5) is 27.5 Å². The molecule has 2 atom stereocenters. The number of allylic oxidation sites excluding steroid dienone is 1. The van der Waals surface area contributed by atoms with Gasteiger partial charge in [0.05, 0.1) is 18.4 Å². The summed E-state index contributed by atoms with van der Waals surface area (Å²) in [6.45, 7) is 7.91. The van der Waals surface area contributed by atoms with Crippen LogP contribution in [0.1, 0.15) is 38.7 Å². The monoisotopic (exact) mass is 440 g/mol. The number of carbonyl (C=O) groups is 1. The molecule has 0 bridgehead atoms. The van der Waals surface area contributed by atoms with Crippen molar-refractivity contribution in [2.75, 3.05) is 28.6 Å². The van der Waals surface area contributed by atoms with Crippen LogP contribution in [0.3, 0.4) is 0 Å². The van der Waals surface area contributed by atoms with Crippen LogP contribution < -0.4 is 21.3 Å². The highest BCUT2D eigenvalue weighted by molar-refractivity contribution is 5.93. The number of nitrogens with zero attached hydrogens (tertiary/aromatic N) is 3. The van der Waals surface area contributed by atoms with Crippen LogP contribution in [0.25, 0.3) is 0 Å². The number of ether oxygens (including phenoxy) is 1. The highest BCUT2D eigenvalue weighted by Gasteiger charge is 2.24. The van der Waals surface area contributed by atoms with Gasteiger partial charge < -0.3 is 26.0 Å². The predicted octanol–water partition coefficient (Wildman–Crippen LogP) is 3.62. The zero-order valence-corrected chi connectivity index (χ0v) is 18.6. The van der Waals surface area contributed by atoms with E-state index in [4.69, 9.17) is 10.5 Å². The molecule has 4 rings (SSSR count). The van der Waals surface area contributed by atoms with Gasteiger partial charge in [0.1, 0.15) is 0 Å². The summed E-state index contributed by atoms with van der Waals surface area (Å²) in [6, 6.07) is 6.04. The van der Waals surface area contributed by atoms with Crippen LogP contribution >= 0.6 is 0 Å². The number of aryl methyl sites for hydroxylation is 1. The maximum Gasteiger partial charge on any atom is 0.246 e. The molecule has 0 saturated carbocycles. The number of anilines is 4. The van der Waals surface area contributed by atoms with Gasteiger partial charge in [-0.25, -0.2) is 9.37 Å². The van der Waals surface area contributed by atoms with Gasteiger partial charge >= 0.3 is 0 Å². The van der Waals surface area contributed by atoms with Crippen molar-refractivity contribution in [2.45, 2.75) is 52.2 Å². The molecule has 4 N–H and O–H groups in total. The molecule has 1 aromatic carbocycles. The van der Waals surface area contributed by atoms with Crippen LogP contribution in [0, 0.1) is 12.7 Å². The number of halogens is 1. The largest absolute Gasteiger partial charge is 0.372 e. The number of primary amides is 1. The minimum atomic E-state index is -0.596. The van der Waals surface area contributed by atoms with Gasteiger partial charge in [0.15, 0.2) is 11.6 Å². The molecule has 0 radical (unpaired) electrons. The van der Waals surface area contributed by atoms with Crippen molar-refractivity contribution in [1.82, 2.24) is 9.97 Å². The minimum Gasteiger partial charge on any atom is -0.372 e. The SMILES string of the molecule is Cc1cc(Nc2ncc(F)c(NC3=C(C(N)=O)CCC3)n2)ccc1N1CC(C)OC(C)C1. The Morgan fingerprint density at radius 3 is 2.66 bits per heavy atom.